The van der Waals surface area contributed by atoms with Crippen LogP contribution in [0.15, 0.2) is 29.3 Å². The molecule has 1 aromatic carbocycles. The van der Waals surface area contributed by atoms with Gasteiger partial charge < -0.3 is 14.8 Å². The number of ether oxygens (including phenoxy) is 2. The highest BCUT2D eigenvalue weighted by Gasteiger charge is 2.13. The van der Waals surface area contributed by atoms with Crippen LogP contribution in [-0.2, 0) is 17.8 Å². The molecule has 0 saturated heterocycles. The van der Waals surface area contributed by atoms with Gasteiger partial charge in [0.05, 0.1) is 25.9 Å². The zero-order valence-electron chi connectivity index (χ0n) is 16.4. The Bertz CT molecular complexity index is 1070. The Balaban J connectivity index is 1.62. The summed E-state index contributed by atoms with van der Waals surface area (Å²) < 4.78 is 11.9. The molecule has 1 amide bonds. The molecule has 0 unspecified atom stereocenters. The van der Waals surface area contributed by atoms with Crippen LogP contribution >= 0.6 is 11.3 Å². The number of carbonyl (C=O) groups is 1. The molecule has 2 aromatic heterocycles. The number of rotatable bonds is 7. The van der Waals surface area contributed by atoms with E-state index in [1.165, 1.54) is 22.2 Å². The van der Waals surface area contributed by atoms with E-state index in [9.17, 15) is 9.59 Å². The first-order chi connectivity index (χ1) is 13.4. The third kappa shape index (κ3) is 4.01. The molecular formula is C20H23N3O4S. The van der Waals surface area contributed by atoms with Gasteiger partial charge in [-0.3, -0.25) is 14.2 Å². The van der Waals surface area contributed by atoms with Gasteiger partial charge in [-0.25, -0.2) is 4.98 Å². The Kier molecular flexibility index (Phi) is 5.99. The smallest absolute Gasteiger partial charge is 0.262 e. The summed E-state index contributed by atoms with van der Waals surface area (Å²) in [7, 11) is 3.17. The van der Waals surface area contributed by atoms with Crippen LogP contribution in [0.25, 0.3) is 10.2 Å². The number of nitrogens with one attached hydrogen (secondary N) is 1. The summed E-state index contributed by atoms with van der Waals surface area (Å²) in [6, 6.07) is 5.65. The van der Waals surface area contributed by atoms with Crippen molar-refractivity contribution in [2.24, 2.45) is 0 Å². The van der Waals surface area contributed by atoms with E-state index in [1.54, 1.807) is 14.2 Å². The number of benzene rings is 1. The van der Waals surface area contributed by atoms with Crippen molar-refractivity contribution in [2.45, 2.75) is 26.8 Å². The molecule has 0 fully saturated rings. The first-order valence-electron chi connectivity index (χ1n) is 8.87. The van der Waals surface area contributed by atoms with E-state index in [0.717, 1.165) is 16.0 Å². The van der Waals surface area contributed by atoms with E-state index in [-0.39, 0.29) is 18.0 Å². The van der Waals surface area contributed by atoms with Crippen molar-refractivity contribution in [3.63, 3.8) is 0 Å². The standard InChI is InChI=1S/C20H23N3O4S/c1-12-13(2)28-19-18(12)20(25)23(11-22-19)10-17(24)21-8-7-14-5-6-15(26-3)16(9-14)27-4/h5-6,9,11H,7-8,10H2,1-4H3,(H,21,24). The van der Waals surface area contributed by atoms with Gasteiger partial charge in [-0.2, -0.15) is 0 Å². The third-order valence-corrected chi connectivity index (χ3v) is 5.77. The molecule has 0 aliphatic rings. The minimum atomic E-state index is -0.228. The lowest BCUT2D eigenvalue weighted by atomic mass is 10.1. The number of carbonyl (C=O) groups excluding carboxylic acids is 1. The largest absolute Gasteiger partial charge is 0.493 e. The van der Waals surface area contributed by atoms with Crippen molar-refractivity contribution >= 4 is 27.5 Å². The average molecular weight is 401 g/mol. The molecule has 3 aromatic rings. The van der Waals surface area contributed by atoms with Crippen LogP contribution in [0.2, 0.25) is 0 Å². The second-order valence-corrected chi connectivity index (χ2v) is 7.63. The maximum absolute atomic E-state index is 12.6. The molecular weight excluding hydrogens is 378 g/mol. The molecule has 8 heteroatoms. The lowest BCUT2D eigenvalue weighted by Gasteiger charge is -2.10. The van der Waals surface area contributed by atoms with Gasteiger partial charge in [0.15, 0.2) is 11.5 Å². The van der Waals surface area contributed by atoms with E-state index in [1.807, 2.05) is 32.0 Å². The lowest BCUT2D eigenvalue weighted by molar-refractivity contribution is -0.121. The van der Waals surface area contributed by atoms with Crippen molar-refractivity contribution in [2.75, 3.05) is 20.8 Å². The zero-order chi connectivity index (χ0) is 20.3. The minimum Gasteiger partial charge on any atom is -0.493 e. The van der Waals surface area contributed by atoms with Gasteiger partial charge in [0, 0.05) is 11.4 Å². The molecule has 7 nitrogen and oxygen atoms in total. The normalized spacial score (nSPS) is 10.9. The highest BCUT2D eigenvalue weighted by molar-refractivity contribution is 7.18. The van der Waals surface area contributed by atoms with Gasteiger partial charge in [-0.15, -0.1) is 11.3 Å². The number of methoxy groups -OCH3 is 2. The molecule has 0 atom stereocenters. The quantitative estimate of drug-likeness (QED) is 0.658. The maximum Gasteiger partial charge on any atom is 0.262 e. The van der Waals surface area contributed by atoms with Crippen molar-refractivity contribution < 1.29 is 14.3 Å². The molecule has 0 bridgehead atoms. The Morgan fingerprint density at radius 3 is 2.68 bits per heavy atom. The minimum absolute atomic E-state index is 0.0535. The van der Waals surface area contributed by atoms with Gasteiger partial charge in [-0.05, 0) is 43.5 Å². The molecule has 1 N–H and O–H groups in total. The summed E-state index contributed by atoms with van der Waals surface area (Å²) in [5.74, 6) is 1.09. The van der Waals surface area contributed by atoms with E-state index in [2.05, 4.69) is 10.3 Å². The fourth-order valence-electron chi connectivity index (χ4n) is 2.98. The first-order valence-corrected chi connectivity index (χ1v) is 9.69. The van der Waals surface area contributed by atoms with Crippen molar-refractivity contribution in [1.29, 1.82) is 0 Å². The van der Waals surface area contributed by atoms with Crippen LogP contribution < -0.4 is 20.3 Å². The second-order valence-electron chi connectivity index (χ2n) is 6.43. The first kappa shape index (κ1) is 19.9. The lowest BCUT2D eigenvalue weighted by Crippen LogP contribution is -2.33. The molecule has 0 spiro atoms. The molecule has 2 heterocycles. The Hall–Kier alpha value is -2.87. The summed E-state index contributed by atoms with van der Waals surface area (Å²) in [6.07, 6.45) is 2.08. The molecule has 0 aliphatic heterocycles. The molecule has 0 radical (unpaired) electrons. The van der Waals surface area contributed by atoms with Crippen LogP contribution in [0.5, 0.6) is 11.5 Å². The van der Waals surface area contributed by atoms with Gasteiger partial charge in [0.25, 0.3) is 5.56 Å². The fraction of sp³-hybridized carbons (Fsp3) is 0.350. The number of hydrogen-bond donors (Lipinski definition) is 1. The Morgan fingerprint density at radius 2 is 1.96 bits per heavy atom. The summed E-state index contributed by atoms with van der Waals surface area (Å²) in [6.45, 7) is 4.27. The Morgan fingerprint density at radius 1 is 1.21 bits per heavy atom. The van der Waals surface area contributed by atoms with Crippen molar-refractivity contribution in [3.8, 4) is 11.5 Å². The highest BCUT2D eigenvalue weighted by Crippen LogP contribution is 2.27. The third-order valence-electron chi connectivity index (χ3n) is 4.65. The summed E-state index contributed by atoms with van der Waals surface area (Å²) in [5.41, 5.74) is 1.77. The summed E-state index contributed by atoms with van der Waals surface area (Å²) in [4.78, 5) is 31.0. The average Bonchev–Trinajstić information content (AvgIpc) is 2.98. The molecule has 0 aliphatic carbocycles. The van der Waals surface area contributed by atoms with Gasteiger partial charge >= 0.3 is 0 Å². The SMILES string of the molecule is COc1ccc(CCNC(=O)Cn2cnc3sc(C)c(C)c3c2=O)cc1OC. The van der Waals surface area contributed by atoms with Gasteiger partial charge in [-0.1, -0.05) is 6.07 Å². The number of aryl methyl sites for hydroxylation is 2. The monoisotopic (exact) mass is 401 g/mol. The topological polar surface area (TPSA) is 82.5 Å². The molecule has 148 valence electrons. The van der Waals surface area contributed by atoms with Crippen LogP contribution in [0.3, 0.4) is 0 Å². The van der Waals surface area contributed by atoms with Crippen LogP contribution in [-0.4, -0.2) is 36.2 Å². The van der Waals surface area contributed by atoms with Crippen molar-refractivity contribution in [1.82, 2.24) is 14.9 Å². The van der Waals surface area contributed by atoms with E-state index >= 15 is 0 Å². The van der Waals surface area contributed by atoms with Crippen LogP contribution in [0, 0.1) is 13.8 Å². The maximum atomic E-state index is 12.6. The number of amides is 1. The predicted octanol–water partition coefficient (Wildman–Crippen LogP) is 2.45. The molecule has 28 heavy (non-hydrogen) atoms. The number of thiophene rings is 1. The number of aromatic nitrogens is 2. The zero-order valence-corrected chi connectivity index (χ0v) is 17.2. The van der Waals surface area contributed by atoms with E-state index in [4.69, 9.17) is 9.47 Å². The fourth-order valence-corrected chi connectivity index (χ4v) is 3.96. The van der Waals surface area contributed by atoms with Gasteiger partial charge in [0.1, 0.15) is 11.4 Å². The Labute approximate surface area is 166 Å². The number of nitrogens with zero attached hydrogens (tertiary/aromatic N) is 2. The number of hydrogen-bond acceptors (Lipinski definition) is 6. The summed E-state index contributed by atoms with van der Waals surface area (Å²) >= 11 is 1.49. The summed E-state index contributed by atoms with van der Waals surface area (Å²) in [5, 5.41) is 3.45. The van der Waals surface area contributed by atoms with Gasteiger partial charge in [0.2, 0.25) is 5.91 Å². The number of fused-ring (bicyclic) bond motifs is 1. The molecule has 0 saturated carbocycles. The van der Waals surface area contributed by atoms with Crippen LogP contribution in [0.4, 0.5) is 0 Å². The predicted molar refractivity (Wildman–Crippen MR) is 110 cm³/mol. The van der Waals surface area contributed by atoms with Crippen molar-refractivity contribution in [3.05, 3.63) is 50.9 Å². The van der Waals surface area contributed by atoms with E-state index in [0.29, 0.717) is 34.7 Å². The molecule has 3 rings (SSSR count). The van der Waals surface area contributed by atoms with Crippen LogP contribution in [0.1, 0.15) is 16.0 Å². The van der Waals surface area contributed by atoms with E-state index < -0.39 is 0 Å². The second kappa shape index (κ2) is 8.43. The highest BCUT2D eigenvalue weighted by atomic mass is 32.1.